The highest BCUT2D eigenvalue weighted by atomic mass is 79.9. The highest BCUT2D eigenvalue weighted by Gasteiger charge is 2.42. The Morgan fingerprint density at radius 2 is 2.03 bits per heavy atom. The molecule has 1 saturated heterocycles. The van der Waals surface area contributed by atoms with Gasteiger partial charge in [0, 0.05) is 29.5 Å². The third-order valence-corrected chi connectivity index (χ3v) is 6.14. The van der Waals surface area contributed by atoms with Crippen LogP contribution in [0.5, 0.6) is 5.75 Å². The van der Waals surface area contributed by atoms with E-state index in [1.807, 2.05) is 0 Å². The molecule has 0 saturated carbocycles. The van der Waals surface area contributed by atoms with Crippen LogP contribution >= 0.6 is 15.9 Å². The number of rotatable bonds is 4. The first kappa shape index (κ1) is 21.0. The molecule has 4 rings (SSSR count). The Labute approximate surface area is 180 Å². The van der Waals surface area contributed by atoms with Crippen molar-refractivity contribution < 1.29 is 28.5 Å². The maximum absolute atomic E-state index is 14.2. The highest BCUT2D eigenvalue weighted by molar-refractivity contribution is 9.10. The van der Waals surface area contributed by atoms with Crippen molar-refractivity contribution in [3.63, 3.8) is 0 Å². The number of β-amino-alcohol motifs (C(OH)–C–C–N with tert-alkyl or cyclic N) is 1. The molecule has 0 bridgehead atoms. The first-order valence-electron chi connectivity index (χ1n) is 9.61. The fraction of sp³-hybridized carbons (Fsp3) is 0.381. The SMILES string of the molecule is O=C1CCc2c(OC[C@@]3(O)CCN(c4ccc(Br)cc4F)C[C@@H]3O)ccc(F)c2N1. The zero-order chi connectivity index (χ0) is 21.5. The van der Waals surface area contributed by atoms with E-state index in [0.717, 1.165) is 0 Å². The molecule has 0 spiro atoms. The van der Waals surface area contributed by atoms with Gasteiger partial charge in [0.25, 0.3) is 0 Å². The molecule has 160 valence electrons. The predicted molar refractivity (Wildman–Crippen MR) is 111 cm³/mol. The number of aliphatic hydroxyl groups is 2. The third-order valence-electron chi connectivity index (χ3n) is 5.64. The van der Waals surface area contributed by atoms with Gasteiger partial charge in [-0.2, -0.15) is 0 Å². The van der Waals surface area contributed by atoms with Gasteiger partial charge in [-0.15, -0.1) is 0 Å². The molecule has 0 aromatic heterocycles. The lowest BCUT2D eigenvalue weighted by atomic mass is 9.89. The van der Waals surface area contributed by atoms with Gasteiger partial charge in [-0.1, -0.05) is 15.9 Å². The Kier molecular flexibility index (Phi) is 5.69. The fourth-order valence-corrected chi connectivity index (χ4v) is 4.19. The number of hydrogen-bond acceptors (Lipinski definition) is 5. The third kappa shape index (κ3) is 4.01. The molecule has 2 atom stereocenters. The van der Waals surface area contributed by atoms with Crippen molar-refractivity contribution in [2.45, 2.75) is 31.0 Å². The van der Waals surface area contributed by atoms with Gasteiger partial charge in [-0.25, -0.2) is 8.78 Å². The van der Waals surface area contributed by atoms with E-state index < -0.39 is 23.3 Å². The molecule has 1 amide bonds. The first-order valence-corrected chi connectivity index (χ1v) is 10.4. The monoisotopic (exact) mass is 482 g/mol. The molecular weight excluding hydrogens is 462 g/mol. The summed E-state index contributed by atoms with van der Waals surface area (Å²) in [5.74, 6) is -0.874. The number of ether oxygens (including phenoxy) is 1. The number of carbonyl (C=O) groups excluding carboxylic acids is 1. The van der Waals surface area contributed by atoms with Crippen molar-refractivity contribution in [1.82, 2.24) is 0 Å². The second-order valence-corrected chi connectivity index (χ2v) is 8.56. The van der Waals surface area contributed by atoms with Gasteiger partial charge in [-0.3, -0.25) is 4.79 Å². The van der Waals surface area contributed by atoms with Crippen LogP contribution in [0, 0.1) is 11.6 Å². The molecule has 2 aromatic carbocycles. The van der Waals surface area contributed by atoms with Crippen molar-refractivity contribution in [3.8, 4) is 5.75 Å². The first-order chi connectivity index (χ1) is 14.3. The molecule has 30 heavy (non-hydrogen) atoms. The van der Waals surface area contributed by atoms with Gasteiger partial charge in [0.2, 0.25) is 5.91 Å². The summed E-state index contributed by atoms with van der Waals surface area (Å²) < 4.78 is 34.6. The van der Waals surface area contributed by atoms with E-state index in [9.17, 15) is 23.8 Å². The number of hydrogen-bond donors (Lipinski definition) is 3. The van der Waals surface area contributed by atoms with Crippen LogP contribution in [-0.4, -0.2) is 47.5 Å². The molecule has 6 nitrogen and oxygen atoms in total. The molecule has 2 aliphatic heterocycles. The number of aliphatic hydroxyl groups excluding tert-OH is 1. The van der Waals surface area contributed by atoms with Crippen molar-refractivity contribution in [3.05, 3.63) is 52.0 Å². The molecule has 1 fully saturated rings. The smallest absolute Gasteiger partial charge is 0.224 e. The largest absolute Gasteiger partial charge is 0.490 e. The highest BCUT2D eigenvalue weighted by Crippen LogP contribution is 2.35. The molecule has 2 aliphatic rings. The molecular formula is C21H21BrF2N2O4. The average molecular weight is 483 g/mol. The Bertz CT molecular complexity index is 990. The second-order valence-electron chi connectivity index (χ2n) is 7.65. The molecule has 0 radical (unpaired) electrons. The van der Waals surface area contributed by atoms with Crippen LogP contribution in [-0.2, 0) is 11.2 Å². The minimum Gasteiger partial charge on any atom is -0.490 e. The van der Waals surface area contributed by atoms with Crippen LogP contribution in [0.25, 0.3) is 0 Å². The number of amides is 1. The van der Waals surface area contributed by atoms with Crippen LogP contribution < -0.4 is 15.0 Å². The van der Waals surface area contributed by atoms with E-state index in [2.05, 4.69) is 21.2 Å². The van der Waals surface area contributed by atoms with Crippen molar-refractivity contribution >= 4 is 33.2 Å². The zero-order valence-electron chi connectivity index (χ0n) is 16.0. The summed E-state index contributed by atoms with van der Waals surface area (Å²) >= 11 is 3.22. The van der Waals surface area contributed by atoms with E-state index in [0.29, 0.717) is 34.4 Å². The predicted octanol–water partition coefficient (Wildman–Crippen LogP) is 2.99. The molecule has 3 N–H and O–H groups in total. The van der Waals surface area contributed by atoms with E-state index in [-0.39, 0.29) is 37.6 Å². The Hall–Kier alpha value is -2.23. The van der Waals surface area contributed by atoms with E-state index in [4.69, 9.17) is 4.74 Å². The van der Waals surface area contributed by atoms with Crippen molar-refractivity contribution in [2.24, 2.45) is 0 Å². The summed E-state index contributed by atoms with van der Waals surface area (Å²) in [5.41, 5.74) is -0.566. The van der Waals surface area contributed by atoms with Gasteiger partial charge < -0.3 is 25.2 Å². The summed E-state index contributed by atoms with van der Waals surface area (Å²) in [6.07, 6.45) is -0.478. The lowest BCUT2D eigenvalue weighted by molar-refractivity contribution is -0.116. The van der Waals surface area contributed by atoms with Crippen LogP contribution in [0.1, 0.15) is 18.4 Å². The number of carbonyl (C=O) groups is 1. The molecule has 2 heterocycles. The number of halogens is 3. The molecule has 9 heteroatoms. The number of nitrogens with zero attached hydrogens (tertiary/aromatic N) is 1. The number of piperidine rings is 1. The number of fused-ring (bicyclic) bond motifs is 1. The van der Waals surface area contributed by atoms with Crippen molar-refractivity contribution in [2.75, 3.05) is 29.9 Å². The number of nitrogens with one attached hydrogen (secondary N) is 1. The molecule has 0 aliphatic carbocycles. The summed E-state index contributed by atoms with van der Waals surface area (Å²) in [5, 5.41) is 24.0. The summed E-state index contributed by atoms with van der Waals surface area (Å²) in [7, 11) is 0. The van der Waals surface area contributed by atoms with Gasteiger partial charge in [0.05, 0.1) is 11.4 Å². The molecule has 0 unspecified atom stereocenters. The average Bonchev–Trinajstić information content (AvgIpc) is 2.70. The Morgan fingerprint density at radius 1 is 1.23 bits per heavy atom. The number of benzene rings is 2. The fourth-order valence-electron chi connectivity index (χ4n) is 3.85. The quantitative estimate of drug-likeness (QED) is 0.623. The van der Waals surface area contributed by atoms with Crippen LogP contribution in [0.4, 0.5) is 20.2 Å². The van der Waals surface area contributed by atoms with Crippen LogP contribution in [0.2, 0.25) is 0 Å². The maximum Gasteiger partial charge on any atom is 0.224 e. The molecule has 2 aromatic rings. The van der Waals surface area contributed by atoms with Crippen molar-refractivity contribution in [1.29, 1.82) is 0 Å². The Morgan fingerprint density at radius 3 is 2.77 bits per heavy atom. The van der Waals surface area contributed by atoms with Gasteiger partial charge >= 0.3 is 0 Å². The topological polar surface area (TPSA) is 82.0 Å². The Balaban J connectivity index is 1.46. The minimum absolute atomic E-state index is 0.0377. The summed E-state index contributed by atoms with van der Waals surface area (Å²) in [6.45, 7) is 0.153. The maximum atomic E-state index is 14.2. The summed E-state index contributed by atoms with van der Waals surface area (Å²) in [6, 6.07) is 7.33. The van der Waals surface area contributed by atoms with Gasteiger partial charge in [0.1, 0.15) is 35.7 Å². The number of anilines is 2. The summed E-state index contributed by atoms with van der Waals surface area (Å²) in [4.78, 5) is 13.2. The normalized spacial score (nSPS) is 23.7. The van der Waals surface area contributed by atoms with E-state index >= 15 is 0 Å². The van der Waals surface area contributed by atoms with Crippen LogP contribution in [0.3, 0.4) is 0 Å². The van der Waals surface area contributed by atoms with E-state index in [1.165, 1.54) is 18.2 Å². The van der Waals surface area contributed by atoms with E-state index in [1.54, 1.807) is 17.0 Å². The van der Waals surface area contributed by atoms with Gasteiger partial charge in [-0.05, 0) is 43.2 Å². The zero-order valence-corrected chi connectivity index (χ0v) is 17.6. The lowest BCUT2D eigenvalue weighted by Gasteiger charge is -2.42. The minimum atomic E-state index is -1.54. The lowest BCUT2D eigenvalue weighted by Crippen LogP contribution is -2.58. The van der Waals surface area contributed by atoms with Crippen LogP contribution in [0.15, 0.2) is 34.8 Å². The standard InChI is InChI=1S/C21H21BrF2N2O4/c22-12-1-4-16(15(24)9-12)26-8-7-21(29,18(27)10-26)11-30-17-5-3-14(23)20-13(17)2-6-19(28)25-20/h1,3-5,9,18,27,29H,2,6-8,10-11H2,(H,25,28)/t18-,21-/m0/s1. The second kappa shape index (κ2) is 8.13. The van der Waals surface area contributed by atoms with Gasteiger partial charge in [0.15, 0.2) is 0 Å².